The summed E-state index contributed by atoms with van der Waals surface area (Å²) in [5, 5.41) is 5.34. The van der Waals surface area contributed by atoms with Gasteiger partial charge in [0, 0.05) is 11.8 Å². The molecule has 4 heteroatoms. The van der Waals surface area contributed by atoms with E-state index in [2.05, 4.69) is 10.6 Å². The molecule has 0 aliphatic heterocycles. The summed E-state index contributed by atoms with van der Waals surface area (Å²) in [7, 11) is 0. The van der Waals surface area contributed by atoms with Gasteiger partial charge < -0.3 is 10.6 Å². The van der Waals surface area contributed by atoms with Gasteiger partial charge >= 0.3 is 0 Å². The third-order valence-corrected chi connectivity index (χ3v) is 1.91. The third kappa shape index (κ3) is 7.26. The maximum Gasteiger partial charge on any atom is 0.226 e. The van der Waals surface area contributed by atoms with Crippen LogP contribution in [-0.2, 0) is 9.59 Å². The highest BCUT2D eigenvalue weighted by Gasteiger charge is 2.21. The smallest absolute Gasteiger partial charge is 0.226 e. The van der Waals surface area contributed by atoms with Gasteiger partial charge in [0.1, 0.15) is 0 Å². The Labute approximate surface area is 98.2 Å². The summed E-state index contributed by atoms with van der Waals surface area (Å²) in [4.78, 5) is 22.9. The Morgan fingerprint density at radius 2 is 1.44 bits per heavy atom. The molecule has 0 aromatic heterocycles. The van der Waals surface area contributed by atoms with Crippen LogP contribution in [0, 0.1) is 10.8 Å². The Kier molecular flexibility index (Phi) is 4.97. The molecule has 0 spiro atoms. The first-order valence-corrected chi connectivity index (χ1v) is 5.57. The summed E-state index contributed by atoms with van der Waals surface area (Å²) >= 11 is 0. The summed E-state index contributed by atoms with van der Waals surface area (Å²) in [5.74, 6) is -0.106. The molecule has 0 heterocycles. The maximum atomic E-state index is 11.5. The molecular formula is C12H24N2O2. The van der Waals surface area contributed by atoms with E-state index < -0.39 is 5.41 Å². The molecule has 2 amide bonds. The normalized spacial score (nSPS) is 12.1. The van der Waals surface area contributed by atoms with Gasteiger partial charge in [0.05, 0.1) is 6.67 Å². The van der Waals surface area contributed by atoms with Crippen molar-refractivity contribution in [2.75, 3.05) is 6.67 Å². The maximum absolute atomic E-state index is 11.5. The lowest BCUT2D eigenvalue weighted by molar-refractivity contribution is -0.129. The lowest BCUT2D eigenvalue weighted by Gasteiger charge is -2.20. The average Bonchev–Trinajstić information content (AvgIpc) is 1.98. The Balaban J connectivity index is 3.84. The molecule has 2 N–H and O–H groups in total. The van der Waals surface area contributed by atoms with Gasteiger partial charge in [0.25, 0.3) is 0 Å². The highest BCUT2D eigenvalue weighted by atomic mass is 16.2. The van der Waals surface area contributed by atoms with Gasteiger partial charge in [-0.15, -0.1) is 0 Å². The second kappa shape index (κ2) is 5.32. The van der Waals surface area contributed by atoms with E-state index in [0.717, 1.165) is 0 Å². The Hall–Kier alpha value is -1.06. The van der Waals surface area contributed by atoms with Crippen LogP contribution in [0.4, 0.5) is 0 Å². The van der Waals surface area contributed by atoms with Crippen LogP contribution in [0.5, 0.6) is 0 Å². The molecule has 94 valence electrons. The Morgan fingerprint density at radius 3 is 1.81 bits per heavy atom. The number of amides is 2. The molecule has 0 rings (SSSR count). The van der Waals surface area contributed by atoms with E-state index >= 15 is 0 Å². The molecule has 0 radical (unpaired) electrons. The lowest BCUT2D eigenvalue weighted by atomic mass is 9.92. The van der Waals surface area contributed by atoms with Crippen LogP contribution in [0.2, 0.25) is 0 Å². The first kappa shape index (κ1) is 14.9. The highest BCUT2D eigenvalue weighted by molar-refractivity contribution is 5.82. The summed E-state index contributed by atoms with van der Waals surface area (Å²) in [6.45, 7) is 11.7. The van der Waals surface area contributed by atoms with Crippen molar-refractivity contribution >= 4 is 11.8 Å². The van der Waals surface area contributed by atoms with Crippen LogP contribution in [0.25, 0.3) is 0 Å². The number of rotatable bonds is 3. The largest absolute Gasteiger partial charge is 0.339 e. The standard InChI is InChI=1S/C12H24N2O2/c1-11(2,3)7-9(15)13-8-14-10(16)12(4,5)6/h7-8H2,1-6H3,(H,13,15)(H,14,16). The molecule has 4 nitrogen and oxygen atoms in total. The number of hydrogen-bond acceptors (Lipinski definition) is 2. The minimum atomic E-state index is -0.422. The van der Waals surface area contributed by atoms with Gasteiger partial charge in [-0.1, -0.05) is 41.5 Å². The molecule has 0 unspecified atom stereocenters. The molecule has 16 heavy (non-hydrogen) atoms. The van der Waals surface area contributed by atoms with E-state index in [1.165, 1.54) is 0 Å². The molecule has 0 bridgehead atoms. The van der Waals surface area contributed by atoms with Gasteiger partial charge in [-0.25, -0.2) is 0 Å². The second-order valence-corrected chi connectivity index (χ2v) is 6.27. The highest BCUT2D eigenvalue weighted by Crippen LogP contribution is 2.17. The van der Waals surface area contributed by atoms with Gasteiger partial charge in [0.2, 0.25) is 11.8 Å². The molecule has 0 aliphatic rings. The van der Waals surface area contributed by atoms with E-state index in [-0.39, 0.29) is 23.9 Å². The first-order valence-electron chi connectivity index (χ1n) is 5.57. The second-order valence-electron chi connectivity index (χ2n) is 6.27. The fraction of sp³-hybridized carbons (Fsp3) is 0.833. The lowest BCUT2D eigenvalue weighted by Crippen LogP contribution is -2.42. The average molecular weight is 228 g/mol. The fourth-order valence-corrected chi connectivity index (χ4v) is 1.03. The topological polar surface area (TPSA) is 58.2 Å². The van der Waals surface area contributed by atoms with Crippen molar-refractivity contribution in [2.24, 2.45) is 10.8 Å². The zero-order chi connectivity index (χ0) is 13.0. The van der Waals surface area contributed by atoms with Crippen LogP contribution < -0.4 is 10.6 Å². The van der Waals surface area contributed by atoms with Crippen LogP contribution in [-0.4, -0.2) is 18.5 Å². The molecule has 0 fully saturated rings. The fourth-order valence-electron chi connectivity index (χ4n) is 1.03. The van der Waals surface area contributed by atoms with E-state index in [0.29, 0.717) is 6.42 Å². The van der Waals surface area contributed by atoms with Crippen LogP contribution in [0.15, 0.2) is 0 Å². The van der Waals surface area contributed by atoms with E-state index in [1.54, 1.807) is 0 Å². The van der Waals surface area contributed by atoms with Crippen LogP contribution in [0.3, 0.4) is 0 Å². The predicted octanol–water partition coefficient (Wildman–Crippen LogP) is 1.66. The predicted molar refractivity (Wildman–Crippen MR) is 64.7 cm³/mol. The molecule has 0 aromatic rings. The van der Waals surface area contributed by atoms with Crippen LogP contribution >= 0.6 is 0 Å². The van der Waals surface area contributed by atoms with Crippen LogP contribution in [0.1, 0.15) is 48.0 Å². The Bertz CT molecular complexity index is 259. The zero-order valence-electron chi connectivity index (χ0n) is 11.2. The monoisotopic (exact) mass is 228 g/mol. The van der Waals surface area contributed by atoms with Crippen molar-refractivity contribution in [3.63, 3.8) is 0 Å². The number of nitrogens with one attached hydrogen (secondary N) is 2. The van der Waals surface area contributed by atoms with E-state index in [4.69, 9.17) is 0 Å². The molecule has 0 aliphatic carbocycles. The SMILES string of the molecule is CC(C)(C)CC(=O)NCNC(=O)C(C)(C)C. The molecular weight excluding hydrogens is 204 g/mol. The van der Waals surface area contributed by atoms with E-state index in [1.807, 2.05) is 41.5 Å². The number of carbonyl (C=O) groups is 2. The minimum Gasteiger partial charge on any atom is -0.339 e. The minimum absolute atomic E-state index is 0.0296. The van der Waals surface area contributed by atoms with Crippen molar-refractivity contribution in [3.8, 4) is 0 Å². The number of carbonyl (C=O) groups excluding carboxylic acids is 2. The van der Waals surface area contributed by atoms with Gasteiger partial charge in [-0.2, -0.15) is 0 Å². The van der Waals surface area contributed by atoms with Crippen molar-refractivity contribution in [1.82, 2.24) is 10.6 Å². The van der Waals surface area contributed by atoms with Crippen molar-refractivity contribution in [1.29, 1.82) is 0 Å². The quantitative estimate of drug-likeness (QED) is 0.722. The van der Waals surface area contributed by atoms with Gasteiger partial charge in [-0.05, 0) is 5.41 Å². The summed E-state index contributed by atoms with van der Waals surface area (Å²) in [6, 6.07) is 0. The van der Waals surface area contributed by atoms with Crippen molar-refractivity contribution in [2.45, 2.75) is 48.0 Å². The van der Waals surface area contributed by atoms with Gasteiger partial charge in [-0.3, -0.25) is 9.59 Å². The van der Waals surface area contributed by atoms with E-state index in [9.17, 15) is 9.59 Å². The molecule has 0 aromatic carbocycles. The van der Waals surface area contributed by atoms with Gasteiger partial charge in [0.15, 0.2) is 0 Å². The Morgan fingerprint density at radius 1 is 0.938 bits per heavy atom. The number of hydrogen-bond donors (Lipinski definition) is 2. The first-order chi connectivity index (χ1) is 7.02. The summed E-state index contributed by atoms with van der Waals surface area (Å²) in [5.41, 5.74) is -0.452. The zero-order valence-corrected chi connectivity index (χ0v) is 11.2. The summed E-state index contributed by atoms with van der Waals surface area (Å²) in [6.07, 6.45) is 0.457. The summed E-state index contributed by atoms with van der Waals surface area (Å²) < 4.78 is 0. The van der Waals surface area contributed by atoms with Crippen molar-refractivity contribution in [3.05, 3.63) is 0 Å². The third-order valence-electron chi connectivity index (χ3n) is 1.91. The molecule has 0 saturated heterocycles. The van der Waals surface area contributed by atoms with Crippen molar-refractivity contribution < 1.29 is 9.59 Å². The molecule has 0 atom stereocenters. The molecule has 0 saturated carbocycles.